The van der Waals surface area contributed by atoms with Crippen molar-refractivity contribution in [2.45, 2.75) is 31.7 Å². The second-order valence-electron chi connectivity index (χ2n) is 6.11. The monoisotopic (exact) mass is 358 g/mol. The molecular weight excluding hydrogens is 339 g/mol. The van der Waals surface area contributed by atoms with Gasteiger partial charge in [0.25, 0.3) is 5.91 Å². The lowest BCUT2D eigenvalue weighted by Gasteiger charge is -2.36. The molecule has 0 atom stereocenters. The van der Waals surface area contributed by atoms with E-state index in [2.05, 4.69) is 10.6 Å². The van der Waals surface area contributed by atoms with Crippen molar-refractivity contribution in [1.29, 1.82) is 0 Å². The molecule has 0 unspecified atom stereocenters. The van der Waals surface area contributed by atoms with Gasteiger partial charge in [-0.25, -0.2) is 4.39 Å². The minimum Gasteiger partial charge on any atom is -0.348 e. The van der Waals surface area contributed by atoms with E-state index in [9.17, 15) is 14.0 Å². The predicted octanol–water partition coefficient (Wildman–Crippen LogP) is 3.43. The number of amides is 2. The van der Waals surface area contributed by atoms with Gasteiger partial charge in [0.15, 0.2) is 0 Å². The van der Waals surface area contributed by atoms with E-state index >= 15 is 0 Å². The maximum Gasteiger partial charge on any atom is 0.268 e. The molecule has 2 amide bonds. The van der Waals surface area contributed by atoms with Crippen molar-refractivity contribution in [3.8, 4) is 0 Å². The lowest BCUT2D eigenvalue weighted by atomic mass is 9.75. The molecule has 4 nitrogen and oxygen atoms in total. The number of halogens is 1. The fourth-order valence-electron chi connectivity index (χ4n) is 2.92. The van der Waals surface area contributed by atoms with Crippen molar-refractivity contribution in [2.24, 2.45) is 0 Å². The highest BCUT2D eigenvalue weighted by Gasteiger charge is 2.33. The van der Waals surface area contributed by atoms with Gasteiger partial charge in [0.2, 0.25) is 5.91 Å². The van der Waals surface area contributed by atoms with Crippen LogP contribution in [0.1, 0.15) is 36.1 Å². The molecule has 1 aliphatic rings. The summed E-state index contributed by atoms with van der Waals surface area (Å²) in [6, 6.07) is 10.5. The van der Waals surface area contributed by atoms with Gasteiger partial charge < -0.3 is 10.6 Å². The number of nitrogens with one attached hydrogen (secondary N) is 2. The first-order chi connectivity index (χ1) is 12.0. The smallest absolute Gasteiger partial charge is 0.268 e. The van der Waals surface area contributed by atoms with Crippen LogP contribution in [0, 0.1) is 5.82 Å². The Morgan fingerprint density at radius 1 is 1.20 bits per heavy atom. The van der Waals surface area contributed by atoms with Crippen LogP contribution in [-0.2, 0) is 9.59 Å². The van der Waals surface area contributed by atoms with E-state index in [4.69, 9.17) is 0 Å². The summed E-state index contributed by atoms with van der Waals surface area (Å²) in [5.41, 5.74) is 0.925. The third-order valence-corrected chi connectivity index (χ3v) is 5.02. The predicted molar refractivity (Wildman–Crippen MR) is 96.4 cm³/mol. The second kappa shape index (κ2) is 7.61. The Labute approximate surface area is 149 Å². The van der Waals surface area contributed by atoms with Crippen LogP contribution in [0.2, 0.25) is 0 Å². The third-order valence-electron chi connectivity index (χ3n) is 4.20. The third kappa shape index (κ3) is 4.33. The largest absolute Gasteiger partial charge is 0.348 e. The first-order valence-electron chi connectivity index (χ1n) is 8.11. The van der Waals surface area contributed by atoms with E-state index in [0.717, 1.165) is 4.88 Å². The molecular formula is C19H19FN2O2S. The molecule has 0 bridgehead atoms. The van der Waals surface area contributed by atoms with Crippen LogP contribution in [0.15, 0.2) is 47.5 Å². The molecule has 1 aliphatic carbocycles. The van der Waals surface area contributed by atoms with Crippen molar-refractivity contribution < 1.29 is 14.0 Å². The standard InChI is InChI=1S/C19H19FN2O2S/c1-12(23)21-18(11-15-5-4-8-25-15)19(24)22-14-9-13(10-14)16-6-2-3-7-17(16)20/h2-8,11,13-14H,9-10H2,1H3,(H,21,23)(H,22,24)/b18-11-. The van der Waals surface area contributed by atoms with Crippen LogP contribution in [0.3, 0.4) is 0 Å². The molecule has 1 saturated carbocycles. The molecule has 6 heteroatoms. The Morgan fingerprint density at radius 2 is 1.96 bits per heavy atom. The Balaban J connectivity index is 1.61. The SMILES string of the molecule is CC(=O)N/C(=C\c1cccs1)C(=O)NC1CC(c2ccccc2F)C1. The highest BCUT2D eigenvalue weighted by atomic mass is 32.1. The second-order valence-corrected chi connectivity index (χ2v) is 7.09. The minimum absolute atomic E-state index is 0.0161. The van der Waals surface area contributed by atoms with Gasteiger partial charge in [-0.1, -0.05) is 24.3 Å². The van der Waals surface area contributed by atoms with E-state index < -0.39 is 0 Å². The number of hydrogen-bond acceptors (Lipinski definition) is 3. The number of rotatable bonds is 5. The van der Waals surface area contributed by atoms with Gasteiger partial charge in [0, 0.05) is 17.8 Å². The fourth-order valence-corrected chi connectivity index (χ4v) is 3.58. The molecule has 1 aromatic heterocycles. The van der Waals surface area contributed by atoms with Crippen molar-refractivity contribution in [3.05, 3.63) is 63.7 Å². The zero-order valence-electron chi connectivity index (χ0n) is 13.8. The fraction of sp³-hybridized carbons (Fsp3) is 0.263. The number of carbonyl (C=O) groups excluding carboxylic acids is 2. The summed E-state index contributed by atoms with van der Waals surface area (Å²) < 4.78 is 13.8. The molecule has 2 aromatic rings. The maximum absolute atomic E-state index is 13.8. The van der Waals surface area contributed by atoms with Crippen LogP contribution >= 0.6 is 11.3 Å². The molecule has 1 aromatic carbocycles. The van der Waals surface area contributed by atoms with E-state index in [0.29, 0.717) is 18.4 Å². The number of hydrogen-bond donors (Lipinski definition) is 2. The summed E-state index contributed by atoms with van der Waals surface area (Å²) in [5, 5.41) is 7.40. The zero-order valence-corrected chi connectivity index (χ0v) is 14.6. The Bertz CT molecular complexity index is 796. The van der Waals surface area contributed by atoms with Crippen molar-refractivity contribution >= 4 is 29.2 Å². The molecule has 0 spiro atoms. The highest BCUT2D eigenvalue weighted by Crippen LogP contribution is 2.38. The summed E-state index contributed by atoms with van der Waals surface area (Å²) in [7, 11) is 0. The van der Waals surface area contributed by atoms with Crippen molar-refractivity contribution in [3.63, 3.8) is 0 Å². The van der Waals surface area contributed by atoms with Gasteiger partial charge in [-0.3, -0.25) is 9.59 Å². The summed E-state index contributed by atoms with van der Waals surface area (Å²) in [6.45, 7) is 1.37. The molecule has 1 heterocycles. The first-order valence-corrected chi connectivity index (χ1v) is 8.99. The van der Waals surface area contributed by atoms with Gasteiger partial charge in [0.05, 0.1) is 0 Å². The minimum atomic E-state index is -0.319. The normalized spacial score (nSPS) is 19.8. The first kappa shape index (κ1) is 17.4. The molecule has 0 saturated heterocycles. The van der Waals surface area contributed by atoms with E-state index in [1.807, 2.05) is 23.6 Å². The molecule has 0 aliphatic heterocycles. The van der Waals surface area contributed by atoms with Crippen LogP contribution in [-0.4, -0.2) is 17.9 Å². The number of benzene rings is 1. The van der Waals surface area contributed by atoms with Crippen LogP contribution < -0.4 is 10.6 Å². The van der Waals surface area contributed by atoms with Crippen molar-refractivity contribution in [2.75, 3.05) is 0 Å². The molecule has 0 radical (unpaired) electrons. The maximum atomic E-state index is 13.8. The molecule has 2 N–H and O–H groups in total. The lowest BCUT2D eigenvalue weighted by molar-refractivity contribution is -0.123. The molecule has 130 valence electrons. The number of thiophene rings is 1. The van der Waals surface area contributed by atoms with Crippen molar-refractivity contribution in [1.82, 2.24) is 10.6 Å². The summed E-state index contributed by atoms with van der Waals surface area (Å²) in [5.74, 6) is -0.692. The summed E-state index contributed by atoms with van der Waals surface area (Å²) in [4.78, 5) is 24.7. The quantitative estimate of drug-likeness (QED) is 0.805. The lowest BCUT2D eigenvalue weighted by Crippen LogP contribution is -2.46. The Kier molecular flexibility index (Phi) is 5.28. The van der Waals surface area contributed by atoms with Crippen LogP contribution in [0.5, 0.6) is 0 Å². The molecule has 3 rings (SSSR count). The summed E-state index contributed by atoms with van der Waals surface area (Å²) >= 11 is 1.48. The van der Waals surface area contributed by atoms with Gasteiger partial charge in [-0.05, 0) is 47.9 Å². The topological polar surface area (TPSA) is 58.2 Å². The van der Waals surface area contributed by atoms with Gasteiger partial charge in [-0.15, -0.1) is 11.3 Å². The molecule has 25 heavy (non-hydrogen) atoms. The summed E-state index contributed by atoms with van der Waals surface area (Å²) in [6.07, 6.45) is 3.05. The molecule has 1 fully saturated rings. The average molecular weight is 358 g/mol. The van der Waals surface area contributed by atoms with E-state index in [-0.39, 0.29) is 35.3 Å². The van der Waals surface area contributed by atoms with E-state index in [1.54, 1.807) is 18.2 Å². The van der Waals surface area contributed by atoms with Gasteiger partial charge >= 0.3 is 0 Å². The number of carbonyl (C=O) groups is 2. The Hall–Kier alpha value is -2.47. The van der Waals surface area contributed by atoms with Crippen LogP contribution in [0.25, 0.3) is 6.08 Å². The average Bonchev–Trinajstić information content (AvgIpc) is 3.03. The van der Waals surface area contributed by atoms with Crippen LogP contribution in [0.4, 0.5) is 4.39 Å². The highest BCUT2D eigenvalue weighted by molar-refractivity contribution is 7.10. The Morgan fingerprint density at radius 3 is 2.60 bits per heavy atom. The zero-order chi connectivity index (χ0) is 17.8. The van der Waals surface area contributed by atoms with Gasteiger partial charge in [0.1, 0.15) is 11.5 Å². The van der Waals surface area contributed by atoms with Gasteiger partial charge in [-0.2, -0.15) is 0 Å². The van der Waals surface area contributed by atoms with E-state index in [1.165, 1.54) is 24.3 Å².